The molecule has 8 heteroatoms. The van der Waals surface area contributed by atoms with Crippen LogP contribution in [0.4, 0.5) is 13.2 Å². The third-order valence-electron chi connectivity index (χ3n) is 3.67. The number of alkyl halides is 3. The van der Waals surface area contributed by atoms with Gasteiger partial charge in [-0.2, -0.15) is 13.2 Å². The van der Waals surface area contributed by atoms with Gasteiger partial charge in [-0.1, -0.05) is 18.2 Å². The molecule has 0 aliphatic carbocycles. The molecule has 0 unspecified atom stereocenters. The fraction of sp³-hybridized carbons (Fsp3) is 0.467. The molecule has 1 aromatic carbocycles. The molecule has 0 spiro atoms. The molecule has 0 aromatic heterocycles. The van der Waals surface area contributed by atoms with E-state index in [4.69, 9.17) is 0 Å². The van der Waals surface area contributed by atoms with Crippen LogP contribution in [0.15, 0.2) is 24.3 Å². The van der Waals surface area contributed by atoms with Crippen molar-refractivity contribution in [1.29, 1.82) is 0 Å². The predicted molar refractivity (Wildman–Crippen MR) is 77.4 cm³/mol. The Morgan fingerprint density at radius 3 is 2.70 bits per heavy atom. The smallest absolute Gasteiger partial charge is 0.340 e. The molecule has 0 saturated carbocycles. The van der Waals surface area contributed by atoms with Gasteiger partial charge in [0.05, 0.1) is 18.7 Å². The van der Waals surface area contributed by atoms with E-state index >= 15 is 0 Å². The van der Waals surface area contributed by atoms with Crippen molar-refractivity contribution in [1.82, 2.24) is 15.1 Å². The molecule has 1 aliphatic heterocycles. The number of carbonyl (C=O) groups excluding carboxylic acids is 2. The van der Waals surface area contributed by atoms with Gasteiger partial charge in [-0.3, -0.25) is 9.59 Å². The number of amides is 2. The van der Waals surface area contributed by atoms with E-state index in [9.17, 15) is 22.8 Å². The number of nitrogens with one attached hydrogen (secondary N) is 1. The average molecular weight is 329 g/mol. The first-order chi connectivity index (χ1) is 10.8. The maximum atomic E-state index is 13.0. The van der Waals surface area contributed by atoms with Crippen LogP contribution in [0.3, 0.4) is 0 Å². The quantitative estimate of drug-likeness (QED) is 0.900. The van der Waals surface area contributed by atoms with Crippen LogP contribution in [-0.4, -0.2) is 54.8 Å². The first-order valence-corrected chi connectivity index (χ1v) is 7.16. The van der Waals surface area contributed by atoms with Gasteiger partial charge >= 0.3 is 6.18 Å². The molecule has 1 aromatic rings. The van der Waals surface area contributed by atoms with Gasteiger partial charge in [0.15, 0.2) is 0 Å². The zero-order chi connectivity index (χ0) is 17.0. The molecule has 0 atom stereocenters. The summed E-state index contributed by atoms with van der Waals surface area (Å²) >= 11 is 0. The molecule has 0 radical (unpaired) electrons. The lowest BCUT2D eigenvalue weighted by Gasteiger charge is -2.29. The topological polar surface area (TPSA) is 52.7 Å². The number of halogens is 3. The van der Waals surface area contributed by atoms with E-state index in [0.29, 0.717) is 13.1 Å². The number of hydrogen-bond donors (Lipinski definition) is 1. The fourth-order valence-corrected chi connectivity index (χ4v) is 2.38. The zero-order valence-electron chi connectivity index (χ0n) is 12.7. The number of piperazine rings is 1. The van der Waals surface area contributed by atoms with E-state index in [1.165, 1.54) is 35.0 Å². The molecule has 5 nitrogen and oxygen atoms in total. The van der Waals surface area contributed by atoms with Gasteiger partial charge < -0.3 is 15.1 Å². The Morgan fingerprint density at radius 1 is 1.35 bits per heavy atom. The Kier molecular flexibility index (Phi) is 5.25. The van der Waals surface area contributed by atoms with Crippen LogP contribution in [0, 0.1) is 0 Å². The highest BCUT2D eigenvalue weighted by atomic mass is 19.4. The van der Waals surface area contributed by atoms with Crippen LogP contribution in [0.5, 0.6) is 0 Å². The molecule has 1 aliphatic rings. The second-order valence-corrected chi connectivity index (χ2v) is 5.40. The highest BCUT2D eigenvalue weighted by Gasteiger charge is 2.33. The molecule has 1 saturated heterocycles. The normalized spacial score (nSPS) is 15.7. The first-order valence-electron chi connectivity index (χ1n) is 7.16. The summed E-state index contributed by atoms with van der Waals surface area (Å²) in [6.07, 6.45) is -4.46. The lowest BCUT2D eigenvalue weighted by Crippen LogP contribution is -2.51. The predicted octanol–water partition coefficient (Wildman–Crippen LogP) is 1.10. The van der Waals surface area contributed by atoms with E-state index in [2.05, 4.69) is 5.32 Å². The number of carbonyl (C=O) groups is 2. The van der Waals surface area contributed by atoms with Crippen LogP contribution >= 0.6 is 0 Å². The second kappa shape index (κ2) is 6.99. The van der Waals surface area contributed by atoms with Gasteiger partial charge in [0.2, 0.25) is 11.8 Å². The fourth-order valence-electron chi connectivity index (χ4n) is 2.38. The molecule has 2 rings (SSSR count). The highest BCUT2D eigenvalue weighted by molar-refractivity contribution is 5.86. The molecule has 126 valence electrons. The van der Waals surface area contributed by atoms with Crippen LogP contribution in [0.2, 0.25) is 0 Å². The molecule has 1 N–H and O–H groups in total. The summed E-state index contributed by atoms with van der Waals surface area (Å²) in [5.74, 6) is -0.578. The van der Waals surface area contributed by atoms with Gasteiger partial charge in [0, 0.05) is 26.7 Å². The number of benzene rings is 1. The van der Waals surface area contributed by atoms with E-state index < -0.39 is 17.6 Å². The third-order valence-corrected chi connectivity index (χ3v) is 3.67. The Balaban J connectivity index is 2.03. The summed E-state index contributed by atoms with van der Waals surface area (Å²) in [6, 6.07) is 5.16. The third kappa shape index (κ3) is 4.44. The molecule has 23 heavy (non-hydrogen) atoms. The summed E-state index contributed by atoms with van der Waals surface area (Å²) < 4.78 is 38.9. The molecule has 0 bridgehead atoms. The SMILES string of the molecule is CN(Cc1ccccc1C(F)(F)F)C(=O)CN1CCNCC1=O. The van der Waals surface area contributed by atoms with Crippen molar-refractivity contribution in [3.8, 4) is 0 Å². The summed E-state index contributed by atoms with van der Waals surface area (Å²) in [7, 11) is 1.43. The average Bonchev–Trinajstić information content (AvgIpc) is 2.49. The minimum absolute atomic E-state index is 0.0301. The maximum absolute atomic E-state index is 13.0. The van der Waals surface area contributed by atoms with Gasteiger partial charge in [0.1, 0.15) is 0 Å². The Labute approximate surface area is 132 Å². The second-order valence-electron chi connectivity index (χ2n) is 5.40. The molecule has 1 heterocycles. The minimum Gasteiger partial charge on any atom is -0.340 e. The van der Waals surface area contributed by atoms with Crippen molar-refractivity contribution < 1.29 is 22.8 Å². The van der Waals surface area contributed by atoms with Crippen molar-refractivity contribution in [2.45, 2.75) is 12.7 Å². The summed E-state index contributed by atoms with van der Waals surface area (Å²) in [5.41, 5.74) is -0.722. The van der Waals surface area contributed by atoms with Gasteiger partial charge in [-0.25, -0.2) is 0 Å². The van der Waals surface area contributed by atoms with E-state index in [1.807, 2.05) is 0 Å². The van der Waals surface area contributed by atoms with Crippen molar-refractivity contribution in [3.63, 3.8) is 0 Å². The maximum Gasteiger partial charge on any atom is 0.416 e. The van der Waals surface area contributed by atoms with E-state index in [0.717, 1.165) is 6.07 Å². The Bertz CT molecular complexity index is 590. The lowest BCUT2D eigenvalue weighted by atomic mass is 10.1. The van der Waals surface area contributed by atoms with Crippen molar-refractivity contribution >= 4 is 11.8 Å². The van der Waals surface area contributed by atoms with Crippen LogP contribution in [-0.2, 0) is 22.3 Å². The molecular formula is C15H18F3N3O2. The summed E-state index contributed by atoms with van der Waals surface area (Å²) in [4.78, 5) is 26.4. The van der Waals surface area contributed by atoms with E-state index in [1.54, 1.807) is 0 Å². The minimum atomic E-state index is -4.46. The standard InChI is InChI=1S/C15H18F3N3O2/c1-20(14(23)10-21-7-6-19-8-13(21)22)9-11-4-2-3-5-12(11)15(16,17)18/h2-5,19H,6-10H2,1H3. The summed E-state index contributed by atoms with van der Waals surface area (Å²) in [5, 5.41) is 2.89. The monoisotopic (exact) mass is 329 g/mol. The Hall–Kier alpha value is -2.09. The largest absolute Gasteiger partial charge is 0.416 e. The number of likely N-dealkylation sites (N-methyl/N-ethyl adjacent to an activating group) is 1. The van der Waals surface area contributed by atoms with E-state index in [-0.39, 0.29) is 31.1 Å². The first kappa shape index (κ1) is 17.3. The molecule has 1 fully saturated rings. The van der Waals surface area contributed by atoms with Gasteiger partial charge in [-0.05, 0) is 11.6 Å². The van der Waals surface area contributed by atoms with Crippen LogP contribution < -0.4 is 5.32 Å². The van der Waals surface area contributed by atoms with Crippen molar-refractivity contribution in [2.75, 3.05) is 33.2 Å². The Morgan fingerprint density at radius 2 is 2.04 bits per heavy atom. The molecular weight excluding hydrogens is 311 g/mol. The number of nitrogens with zero attached hydrogens (tertiary/aromatic N) is 2. The van der Waals surface area contributed by atoms with Crippen molar-refractivity contribution in [3.05, 3.63) is 35.4 Å². The lowest BCUT2D eigenvalue weighted by molar-refractivity contribution is -0.141. The van der Waals surface area contributed by atoms with Crippen molar-refractivity contribution in [2.24, 2.45) is 0 Å². The van der Waals surface area contributed by atoms with Gasteiger partial charge in [-0.15, -0.1) is 0 Å². The summed E-state index contributed by atoms with van der Waals surface area (Å²) in [6.45, 7) is 0.908. The number of rotatable bonds is 4. The number of hydrogen-bond acceptors (Lipinski definition) is 3. The van der Waals surface area contributed by atoms with Crippen LogP contribution in [0.1, 0.15) is 11.1 Å². The van der Waals surface area contributed by atoms with Gasteiger partial charge in [0.25, 0.3) is 0 Å². The highest BCUT2D eigenvalue weighted by Crippen LogP contribution is 2.32. The van der Waals surface area contributed by atoms with Crippen LogP contribution in [0.25, 0.3) is 0 Å². The zero-order valence-corrected chi connectivity index (χ0v) is 12.7. The molecule has 2 amide bonds.